The van der Waals surface area contributed by atoms with Gasteiger partial charge in [-0.15, -0.1) is 0 Å². The van der Waals surface area contributed by atoms with Gasteiger partial charge in [-0.05, 0) is 12.5 Å². The average Bonchev–Trinajstić information content (AvgIpc) is 3.06. The predicted octanol–water partition coefficient (Wildman–Crippen LogP) is -0.154. The molecule has 128 valence electrons. The van der Waals surface area contributed by atoms with Gasteiger partial charge in [0.15, 0.2) is 0 Å². The molecule has 0 spiro atoms. The fraction of sp³-hybridized carbons (Fsp3) is 0.438. The third kappa shape index (κ3) is 3.48. The van der Waals surface area contributed by atoms with Gasteiger partial charge in [0.1, 0.15) is 5.82 Å². The molecule has 8 heteroatoms. The second-order valence-corrected chi connectivity index (χ2v) is 5.84. The van der Waals surface area contributed by atoms with Gasteiger partial charge in [0, 0.05) is 44.9 Å². The van der Waals surface area contributed by atoms with Crippen LogP contribution >= 0.6 is 0 Å². The van der Waals surface area contributed by atoms with E-state index in [0.29, 0.717) is 18.2 Å². The van der Waals surface area contributed by atoms with E-state index in [4.69, 9.17) is 4.74 Å². The summed E-state index contributed by atoms with van der Waals surface area (Å²) in [7, 11) is 3.06. The van der Waals surface area contributed by atoms with Gasteiger partial charge in [0.2, 0.25) is 5.88 Å². The summed E-state index contributed by atoms with van der Waals surface area (Å²) >= 11 is 0. The Kier molecular flexibility index (Phi) is 4.66. The van der Waals surface area contributed by atoms with Gasteiger partial charge in [-0.25, -0.2) is 9.78 Å². The molecule has 1 aliphatic heterocycles. The molecular formula is C16H21N5O3. The van der Waals surface area contributed by atoms with E-state index in [-0.39, 0.29) is 11.6 Å². The van der Waals surface area contributed by atoms with Gasteiger partial charge in [-0.3, -0.25) is 14.3 Å². The van der Waals surface area contributed by atoms with Crippen molar-refractivity contribution in [2.24, 2.45) is 7.05 Å². The van der Waals surface area contributed by atoms with Crippen molar-refractivity contribution in [3.05, 3.63) is 50.8 Å². The van der Waals surface area contributed by atoms with Crippen LogP contribution < -0.4 is 26.2 Å². The Balaban J connectivity index is 1.61. The van der Waals surface area contributed by atoms with Crippen LogP contribution in [0.15, 0.2) is 33.9 Å². The van der Waals surface area contributed by atoms with Crippen molar-refractivity contribution in [1.82, 2.24) is 19.9 Å². The van der Waals surface area contributed by atoms with Gasteiger partial charge in [-0.2, -0.15) is 0 Å². The molecule has 0 aliphatic carbocycles. The number of H-pyrrole nitrogens is 1. The van der Waals surface area contributed by atoms with Crippen molar-refractivity contribution in [2.75, 3.05) is 25.1 Å². The highest BCUT2D eigenvalue weighted by Gasteiger charge is 2.23. The van der Waals surface area contributed by atoms with Gasteiger partial charge in [-0.1, -0.05) is 6.07 Å². The van der Waals surface area contributed by atoms with Gasteiger partial charge < -0.3 is 15.0 Å². The maximum Gasteiger partial charge on any atom is 0.329 e. The summed E-state index contributed by atoms with van der Waals surface area (Å²) in [6, 6.07) is 7.40. The zero-order valence-corrected chi connectivity index (χ0v) is 13.8. The third-order valence-corrected chi connectivity index (χ3v) is 4.22. The van der Waals surface area contributed by atoms with Crippen molar-refractivity contribution in [3.8, 4) is 5.88 Å². The Morgan fingerprint density at radius 2 is 2.25 bits per heavy atom. The summed E-state index contributed by atoms with van der Waals surface area (Å²) in [5, 5.41) is 3.45. The topological polar surface area (TPSA) is 92.2 Å². The molecule has 1 aliphatic rings. The van der Waals surface area contributed by atoms with Crippen LogP contribution in [0, 0.1) is 0 Å². The Labute approximate surface area is 139 Å². The van der Waals surface area contributed by atoms with Crippen LogP contribution in [0.4, 0.5) is 5.82 Å². The summed E-state index contributed by atoms with van der Waals surface area (Å²) in [5.41, 5.74) is 0.218. The number of anilines is 1. The smallest absolute Gasteiger partial charge is 0.329 e. The van der Waals surface area contributed by atoms with Crippen molar-refractivity contribution >= 4 is 5.82 Å². The molecule has 0 amide bonds. The molecule has 0 bridgehead atoms. The minimum atomic E-state index is -0.394. The molecule has 0 aromatic carbocycles. The molecule has 2 N–H and O–H groups in total. The minimum Gasteiger partial charge on any atom is -0.481 e. The third-order valence-electron chi connectivity index (χ3n) is 4.22. The van der Waals surface area contributed by atoms with Crippen molar-refractivity contribution in [3.63, 3.8) is 0 Å². The van der Waals surface area contributed by atoms with E-state index in [2.05, 4.69) is 15.3 Å². The number of aromatic amines is 1. The molecule has 2 aromatic rings. The standard InChI is InChI=1S/C16H21N5O3/c1-20-15(22)8-13(19-16(20)23)21-7-6-12(10-21)17-9-11-4-3-5-14(18-11)24-2/h3-5,8,12,17H,6-7,9-10H2,1-2H3,(H,19,23)/t12-/m1/s1. The fourth-order valence-corrected chi connectivity index (χ4v) is 2.78. The second kappa shape index (κ2) is 6.88. The molecule has 0 radical (unpaired) electrons. The number of nitrogens with zero attached hydrogens (tertiary/aromatic N) is 3. The fourth-order valence-electron chi connectivity index (χ4n) is 2.78. The molecule has 1 fully saturated rings. The molecule has 3 heterocycles. The van der Waals surface area contributed by atoms with E-state index in [1.54, 1.807) is 7.11 Å². The summed E-state index contributed by atoms with van der Waals surface area (Å²) < 4.78 is 6.18. The molecule has 0 unspecified atom stereocenters. The number of pyridine rings is 1. The highest BCUT2D eigenvalue weighted by molar-refractivity contribution is 5.38. The molecular weight excluding hydrogens is 310 g/mol. The van der Waals surface area contributed by atoms with Crippen molar-refractivity contribution in [1.29, 1.82) is 0 Å². The maximum atomic E-state index is 11.8. The Hall–Kier alpha value is -2.61. The number of aromatic nitrogens is 3. The number of nitrogens with one attached hydrogen (secondary N) is 2. The quantitative estimate of drug-likeness (QED) is 0.791. The number of ether oxygens (including phenoxy) is 1. The first-order chi connectivity index (χ1) is 11.6. The van der Waals surface area contributed by atoms with Crippen LogP contribution in [0.2, 0.25) is 0 Å². The van der Waals surface area contributed by atoms with Gasteiger partial charge >= 0.3 is 5.69 Å². The highest BCUT2D eigenvalue weighted by atomic mass is 16.5. The van der Waals surface area contributed by atoms with Crippen LogP contribution in [0.3, 0.4) is 0 Å². The van der Waals surface area contributed by atoms with Crippen LogP contribution in [0.5, 0.6) is 5.88 Å². The molecule has 1 atom stereocenters. The number of hydrogen-bond donors (Lipinski definition) is 2. The lowest BCUT2D eigenvalue weighted by Crippen LogP contribution is -2.37. The lowest BCUT2D eigenvalue weighted by molar-refractivity contribution is 0.395. The van der Waals surface area contributed by atoms with Crippen LogP contribution in [0.25, 0.3) is 0 Å². The zero-order valence-electron chi connectivity index (χ0n) is 13.8. The number of methoxy groups -OCH3 is 1. The van der Waals surface area contributed by atoms with Crippen molar-refractivity contribution in [2.45, 2.75) is 19.0 Å². The van der Waals surface area contributed by atoms with E-state index >= 15 is 0 Å². The van der Waals surface area contributed by atoms with E-state index in [1.807, 2.05) is 23.1 Å². The molecule has 8 nitrogen and oxygen atoms in total. The average molecular weight is 331 g/mol. The Morgan fingerprint density at radius 3 is 3.00 bits per heavy atom. The maximum absolute atomic E-state index is 11.8. The van der Waals surface area contributed by atoms with Crippen LogP contribution in [0.1, 0.15) is 12.1 Å². The lowest BCUT2D eigenvalue weighted by atomic mass is 10.2. The van der Waals surface area contributed by atoms with Gasteiger partial charge in [0.05, 0.1) is 12.8 Å². The largest absolute Gasteiger partial charge is 0.481 e. The summed E-state index contributed by atoms with van der Waals surface area (Å²) in [6.45, 7) is 2.15. The predicted molar refractivity (Wildman–Crippen MR) is 90.6 cm³/mol. The molecule has 1 saturated heterocycles. The van der Waals surface area contributed by atoms with E-state index in [1.165, 1.54) is 13.1 Å². The highest BCUT2D eigenvalue weighted by Crippen LogP contribution is 2.16. The molecule has 0 saturated carbocycles. The van der Waals surface area contributed by atoms with Gasteiger partial charge in [0.25, 0.3) is 5.56 Å². The number of rotatable bonds is 5. The summed E-state index contributed by atoms with van der Waals surface area (Å²) in [6.07, 6.45) is 0.932. The first kappa shape index (κ1) is 16.3. The molecule has 3 rings (SSSR count). The Bertz CT molecular complexity index is 798. The van der Waals surface area contributed by atoms with Crippen LogP contribution in [-0.4, -0.2) is 40.8 Å². The van der Waals surface area contributed by atoms with E-state index in [0.717, 1.165) is 29.8 Å². The minimum absolute atomic E-state index is 0.269. The van der Waals surface area contributed by atoms with E-state index in [9.17, 15) is 9.59 Å². The number of hydrogen-bond acceptors (Lipinski definition) is 6. The second-order valence-electron chi connectivity index (χ2n) is 5.84. The monoisotopic (exact) mass is 331 g/mol. The zero-order chi connectivity index (χ0) is 17.1. The Morgan fingerprint density at radius 1 is 1.42 bits per heavy atom. The van der Waals surface area contributed by atoms with E-state index < -0.39 is 5.69 Å². The lowest BCUT2D eigenvalue weighted by Gasteiger charge is -2.18. The molecule has 24 heavy (non-hydrogen) atoms. The summed E-state index contributed by atoms with van der Waals surface area (Å²) in [4.78, 5) is 32.6. The molecule has 2 aromatic heterocycles. The SMILES string of the molecule is COc1cccc(CN[C@@H]2CCN(c3cc(=O)n(C)c(=O)[nH]3)C2)n1. The normalized spacial score (nSPS) is 17.2. The summed E-state index contributed by atoms with van der Waals surface area (Å²) in [5.74, 6) is 1.17. The van der Waals surface area contributed by atoms with Crippen molar-refractivity contribution < 1.29 is 4.74 Å². The first-order valence-corrected chi connectivity index (χ1v) is 7.85. The van der Waals surface area contributed by atoms with Crippen LogP contribution in [-0.2, 0) is 13.6 Å². The first-order valence-electron chi connectivity index (χ1n) is 7.85.